The van der Waals surface area contributed by atoms with Gasteiger partial charge in [0.05, 0.1) is 42.3 Å². The van der Waals surface area contributed by atoms with Crippen LogP contribution in [0.5, 0.6) is 5.75 Å². The van der Waals surface area contributed by atoms with E-state index in [4.69, 9.17) is 18.9 Å². The fraction of sp³-hybridized carbons (Fsp3) is 0.826. The maximum atomic E-state index is 6.29. The van der Waals surface area contributed by atoms with E-state index in [-0.39, 0.29) is 11.2 Å². The van der Waals surface area contributed by atoms with Crippen LogP contribution in [0.25, 0.3) is 0 Å². The molecule has 0 spiro atoms. The van der Waals surface area contributed by atoms with Crippen LogP contribution in [-0.2, 0) is 14.2 Å². The number of rotatable bonds is 8. The van der Waals surface area contributed by atoms with Crippen LogP contribution in [0, 0.1) is 0 Å². The van der Waals surface area contributed by atoms with Crippen molar-refractivity contribution in [2.45, 2.75) is 96.7 Å². The van der Waals surface area contributed by atoms with Crippen molar-refractivity contribution in [2.24, 2.45) is 0 Å². The highest BCUT2D eigenvalue weighted by Crippen LogP contribution is 2.32. The highest BCUT2D eigenvalue weighted by atomic mass is 16.5. The Morgan fingerprint density at radius 3 is 2.27 bits per heavy atom. The number of anilines is 1. The van der Waals surface area contributed by atoms with Gasteiger partial charge in [-0.1, -0.05) is 0 Å². The third-order valence-electron chi connectivity index (χ3n) is 5.23. The Morgan fingerprint density at radius 2 is 1.63 bits per heavy atom. The van der Waals surface area contributed by atoms with Gasteiger partial charge >= 0.3 is 0 Å². The summed E-state index contributed by atoms with van der Waals surface area (Å²) in [6.45, 7) is 15.3. The predicted molar refractivity (Wildman–Crippen MR) is 117 cm³/mol. The highest BCUT2D eigenvalue weighted by Gasteiger charge is 2.35. The number of aromatic nitrogens is 2. The lowest BCUT2D eigenvalue weighted by Gasteiger charge is -2.42. The van der Waals surface area contributed by atoms with Crippen molar-refractivity contribution < 1.29 is 18.9 Å². The van der Waals surface area contributed by atoms with Gasteiger partial charge in [0, 0.05) is 19.2 Å². The normalized spacial score (nSPS) is 23.3. The predicted octanol–water partition coefficient (Wildman–Crippen LogP) is 4.00. The van der Waals surface area contributed by atoms with Crippen molar-refractivity contribution in [2.75, 3.05) is 31.2 Å². The smallest absolute Gasteiger partial charge is 0.154 e. The molecule has 30 heavy (non-hydrogen) atoms. The summed E-state index contributed by atoms with van der Waals surface area (Å²) in [5, 5.41) is 8.41. The second kappa shape index (κ2) is 9.79. The Bertz CT molecular complexity index is 657. The second-order valence-corrected chi connectivity index (χ2v) is 10.3. The largest absolute Gasteiger partial charge is 0.489 e. The molecular weight excluding hydrogens is 382 g/mol. The summed E-state index contributed by atoms with van der Waals surface area (Å²) in [5.74, 6) is 1.60. The molecular formula is C23H39N3O4. The molecule has 1 aliphatic carbocycles. The molecule has 1 aromatic heterocycles. The minimum atomic E-state index is -0.155. The molecule has 0 radical (unpaired) electrons. The quantitative estimate of drug-likeness (QED) is 0.588. The number of ether oxygens (including phenoxy) is 4. The lowest BCUT2D eigenvalue weighted by atomic mass is 9.90. The van der Waals surface area contributed by atoms with Gasteiger partial charge in [-0.05, 0) is 67.2 Å². The van der Waals surface area contributed by atoms with Crippen molar-refractivity contribution in [1.82, 2.24) is 10.2 Å². The standard InChI is InChI=1S/C23H39N3O4/c1-22(2,3)28-12-11-27-20-15-21(25-24-16-20)26-9-7-17(8-10-26)29-18-13-19(14-18)30-23(4,5)6/h15-19H,7-14H2,1-6H3. The minimum absolute atomic E-state index is 0.0696. The molecule has 1 aromatic rings. The lowest BCUT2D eigenvalue weighted by molar-refractivity contribution is -0.164. The van der Waals surface area contributed by atoms with Gasteiger partial charge in [-0.3, -0.25) is 0 Å². The van der Waals surface area contributed by atoms with Gasteiger partial charge in [0.2, 0.25) is 0 Å². The van der Waals surface area contributed by atoms with E-state index in [0.29, 0.717) is 31.5 Å². The van der Waals surface area contributed by atoms with Crippen molar-refractivity contribution in [3.63, 3.8) is 0 Å². The van der Waals surface area contributed by atoms with Crippen molar-refractivity contribution in [1.29, 1.82) is 0 Å². The molecule has 0 atom stereocenters. The molecule has 2 aliphatic rings. The van der Waals surface area contributed by atoms with Crippen LogP contribution in [-0.4, -0.2) is 66.0 Å². The average Bonchev–Trinajstić information content (AvgIpc) is 2.63. The van der Waals surface area contributed by atoms with E-state index in [9.17, 15) is 0 Å². The fourth-order valence-corrected chi connectivity index (χ4v) is 3.80. The van der Waals surface area contributed by atoms with Crippen LogP contribution < -0.4 is 9.64 Å². The van der Waals surface area contributed by atoms with Crippen LogP contribution in [0.3, 0.4) is 0 Å². The molecule has 0 aromatic carbocycles. The molecule has 0 amide bonds. The van der Waals surface area contributed by atoms with Crippen LogP contribution >= 0.6 is 0 Å². The molecule has 1 saturated heterocycles. The first-order chi connectivity index (χ1) is 14.1. The van der Waals surface area contributed by atoms with E-state index in [1.165, 1.54) is 0 Å². The summed E-state index contributed by atoms with van der Waals surface area (Å²) in [5.41, 5.74) is -0.225. The fourth-order valence-electron chi connectivity index (χ4n) is 3.80. The number of nitrogens with zero attached hydrogens (tertiary/aromatic N) is 3. The van der Waals surface area contributed by atoms with Crippen molar-refractivity contribution >= 4 is 5.82 Å². The van der Waals surface area contributed by atoms with Crippen LogP contribution in [0.4, 0.5) is 5.82 Å². The number of piperidine rings is 1. The maximum Gasteiger partial charge on any atom is 0.154 e. The van der Waals surface area contributed by atoms with E-state index < -0.39 is 0 Å². The van der Waals surface area contributed by atoms with Gasteiger partial charge in [0.25, 0.3) is 0 Å². The molecule has 2 fully saturated rings. The van der Waals surface area contributed by atoms with Crippen LogP contribution in [0.1, 0.15) is 67.2 Å². The van der Waals surface area contributed by atoms with Gasteiger partial charge in [0.15, 0.2) is 5.82 Å². The van der Waals surface area contributed by atoms with E-state index in [1.54, 1.807) is 6.20 Å². The second-order valence-electron chi connectivity index (χ2n) is 10.3. The zero-order valence-corrected chi connectivity index (χ0v) is 19.5. The summed E-state index contributed by atoms with van der Waals surface area (Å²) >= 11 is 0. The van der Waals surface area contributed by atoms with Gasteiger partial charge in [-0.2, -0.15) is 5.10 Å². The summed E-state index contributed by atoms with van der Waals surface area (Å²) in [4.78, 5) is 2.26. The monoisotopic (exact) mass is 421 g/mol. The van der Waals surface area contributed by atoms with Gasteiger partial charge in [0.1, 0.15) is 12.4 Å². The molecule has 170 valence electrons. The van der Waals surface area contributed by atoms with E-state index >= 15 is 0 Å². The minimum Gasteiger partial charge on any atom is -0.489 e. The summed E-state index contributed by atoms with van der Waals surface area (Å²) in [7, 11) is 0. The summed E-state index contributed by atoms with van der Waals surface area (Å²) in [6, 6.07) is 1.96. The third-order valence-corrected chi connectivity index (χ3v) is 5.23. The lowest BCUT2D eigenvalue weighted by Crippen LogP contribution is -2.45. The molecule has 0 unspecified atom stereocenters. The number of hydrogen-bond donors (Lipinski definition) is 0. The molecule has 0 bridgehead atoms. The van der Waals surface area contributed by atoms with Crippen LogP contribution in [0.15, 0.2) is 12.3 Å². The van der Waals surface area contributed by atoms with E-state index in [0.717, 1.165) is 50.3 Å². The first-order valence-electron chi connectivity index (χ1n) is 11.3. The Balaban J connectivity index is 1.37. The van der Waals surface area contributed by atoms with Gasteiger partial charge in [-0.15, -0.1) is 5.10 Å². The summed E-state index contributed by atoms with van der Waals surface area (Å²) in [6.07, 6.45) is 6.72. The molecule has 1 saturated carbocycles. The molecule has 7 nitrogen and oxygen atoms in total. The first-order valence-corrected chi connectivity index (χ1v) is 11.3. The Morgan fingerprint density at radius 1 is 0.933 bits per heavy atom. The Labute approximate surface area is 181 Å². The van der Waals surface area contributed by atoms with Crippen molar-refractivity contribution in [3.8, 4) is 5.75 Å². The maximum absolute atomic E-state index is 6.29. The number of hydrogen-bond acceptors (Lipinski definition) is 7. The zero-order chi connectivity index (χ0) is 21.8. The average molecular weight is 422 g/mol. The molecule has 3 rings (SSSR count). The third kappa shape index (κ3) is 7.67. The SMILES string of the molecule is CC(C)(C)OCCOc1cnnc(N2CCC(OC3CC(OC(C)(C)C)C3)CC2)c1. The zero-order valence-electron chi connectivity index (χ0n) is 19.5. The van der Waals surface area contributed by atoms with Gasteiger partial charge < -0.3 is 23.8 Å². The topological polar surface area (TPSA) is 65.9 Å². The Hall–Kier alpha value is -1.44. The molecule has 0 N–H and O–H groups in total. The van der Waals surface area contributed by atoms with E-state index in [1.807, 2.05) is 26.8 Å². The Kier molecular flexibility index (Phi) is 7.58. The van der Waals surface area contributed by atoms with Crippen LogP contribution in [0.2, 0.25) is 0 Å². The van der Waals surface area contributed by atoms with E-state index in [2.05, 4.69) is 35.9 Å². The highest BCUT2D eigenvalue weighted by molar-refractivity contribution is 5.42. The summed E-state index contributed by atoms with van der Waals surface area (Å²) < 4.78 is 23.8. The molecule has 2 heterocycles. The molecule has 1 aliphatic heterocycles. The first kappa shape index (κ1) is 23.2. The van der Waals surface area contributed by atoms with Crippen molar-refractivity contribution in [3.05, 3.63) is 12.3 Å². The van der Waals surface area contributed by atoms with Gasteiger partial charge in [-0.25, -0.2) is 0 Å². The molecule has 7 heteroatoms.